The summed E-state index contributed by atoms with van der Waals surface area (Å²) in [7, 11) is 1.75. The summed E-state index contributed by atoms with van der Waals surface area (Å²) in [6.07, 6.45) is 3.83. The second-order valence-electron chi connectivity index (χ2n) is 5.29. The first-order valence-corrected chi connectivity index (χ1v) is 7.05. The minimum absolute atomic E-state index is 0.0242. The number of pyridine rings is 1. The molecule has 0 bridgehead atoms. The summed E-state index contributed by atoms with van der Waals surface area (Å²) < 4.78 is 0. The fraction of sp³-hybridized carbons (Fsp3) is 0.571. The van der Waals surface area contributed by atoms with E-state index in [1.807, 2.05) is 4.90 Å². The van der Waals surface area contributed by atoms with Gasteiger partial charge in [0, 0.05) is 25.8 Å². The van der Waals surface area contributed by atoms with Crippen molar-refractivity contribution < 1.29 is 4.79 Å². The van der Waals surface area contributed by atoms with Crippen LogP contribution in [-0.4, -0.2) is 35.4 Å². The van der Waals surface area contributed by atoms with Crippen LogP contribution in [0.15, 0.2) is 12.3 Å². The molecule has 1 amide bonds. The van der Waals surface area contributed by atoms with Crippen LogP contribution in [0.2, 0.25) is 5.02 Å². The fourth-order valence-electron chi connectivity index (χ4n) is 2.48. The summed E-state index contributed by atoms with van der Waals surface area (Å²) in [5.74, 6) is 1.18. The van der Waals surface area contributed by atoms with Gasteiger partial charge in [0.25, 0.3) is 5.91 Å². The number of halogens is 1. The Morgan fingerprint density at radius 1 is 1.47 bits per heavy atom. The molecule has 1 fully saturated rings. The van der Waals surface area contributed by atoms with Gasteiger partial charge in [0.2, 0.25) is 0 Å². The topological polar surface area (TPSA) is 45.2 Å². The molecule has 1 saturated heterocycles. The summed E-state index contributed by atoms with van der Waals surface area (Å²) in [4.78, 5) is 18.6. The molecule has 5 heteroatoms. The van der Waals surface area contributed by atoms with Gasteiger partial charge in [0.05, 0.1) is 10.6 Å². The van der Waals surface area contributed by atoms with Crippen molar-refractivity contribution in [3.8, 4) is 0 Å². The zero-order valence-electron chi connectivity index (χ0n) is 11.6. The molecule has 1 aliphatic rings. The highest BCUT2D eigenvalue weighted by molar-refractivity contribution is 6.33. The molecule has 1 N–H and O–H groups in total. The van der Waals surface area contributed by atoms with E-state index in [0.717, 1.165) is 13.0 Å². The molecule has 0 radical (unpaired) electrons. The number of amides is 1. The molecule has 0 aliphatic carbocycles. The number of nitrogens with one attached hydrogen (secondary N) is 1. The maximum atomic E-state index is 12.5. The quantitative estimate of drug-likeness (QED) is 0.906. The highest BCUT2D eigenvalue weighted by atomic mass is 35.5. The van der Waals surface area contributed by atoms with Crippen LogP contribution < -0.4 is 5.32 Å². The van der Waals surface area contributed by atoms with E-state index in [-0.39, 0.29) is 11.9 Å². The van der Waals surface area contributed by atoms with Crippen LogP contribution in [0.25, 0.3) is 0 Å². The Balaban J connectivity index is 2.21. The third-order valence-electron chi connectivity index (χ3n) is 3.70. The molecule has 0 spiro atoms. The number of aromatic nitrogens is 1. The maximum Gasteiger partial charge on any atom is 0.255 e. The number of likely N-dealkylation sites (tertiary alicyclic amines) is 1. The van der Waals surface area contributed by atoms with Gasteiger partial charge in [-0.25, -0.2) is 4.98 Å². The number of anilines is 1. The molecular formula is C14H20ClN3O. The van der Waals surface area contributed by atoms with E-state index in [1.54, 1.807) is 19.3 Å². The third kappa shape index (κ3) is 3.00. The SMILES string of the molecule is CNc1ncc(C(=O)N2CC(C)CCC2C)cc1Cl. The standard InChI is InChI=1S/C14H20ClN3O/c1-9-4-5-10(2)18(8-9)14(19)11-6-12(15)13(16-3)17-7-11/h6-7,9-10H,4-5,8H2,1-3H3,(H,16,17). The van der Waals surface area contributed by atoms with E-state index in [4.69, 9.17) is 11.6 Å². The number of hydrogen-bond acceptors (Lipinski definition) is 3. The lowest BCUT2D eigenvalue weighted by Gasteiger charge is -2.36. The van der Waals surface area contributed by atoms with Gasteiger partial charge >= 0.3 is 0 Å². The molecule has 104 valence electrons. The zero-order valence-corrected chi connectivity index (χ0v) is 12.4. The average molecular weight is 282 g/mol. The second kappa shape index (κ2) is 5.78. The molecule has 1 aromatic rings. The molecule has 2 rings (SSSR count). The van der Waals surface area contributed by atoms with Gasteiger partial charge in [0.15, 0.2) is 0 Å². The fourth-order valence-corrected chi connectivity index (χ4v) is 2.74. The number of nitrogens with zero attached hydrogens (tertiary/aromatic N) is 2. The van der Waals surface area contributed by atoms with Crippen molar-refractivity contribution in [2.45, 2.75) is 32.7 Å². The second-order valence-corrected chi connectivity index (χ2v) is 5.70. The molecule has 19 heavy (non-hydrogen) atoms. The van der Waals surface area contributed by atoms with Gasteiger partial charge < -0.3 is 10.2 Å². The van der Waals surface area contributed by atoms with E-state index >= 15 is 0 Å². The van der Waals surface area contributed by atoms with Crippen molar-refractivity contribution in [3.05, 3.63) is 22.8 Å². The van der Waals surface area contributed by atoms with Gasteiger partial charge in [-0.15, -0.1) is 0 Å². The van der Waals surface area contributed by atoms with Crippen molar-refractivity contribution in [2.75, 3.05) is 18.9 Å². The minimum Gasteiger partial charge on any atom is -0.372 e. The van der Waals surface area contributed by atoms with Gasteiger partial charge in [-0.1, -0.05) is 18.5 Å². The lowest BCUT2D eigenvalue weighted by molar-refractivity contribution is 0.0573. The van der Waals surface area contributed by atoms with Crippen LogP contribution in [-0.2, 0) is 0 Å². The summed E-state index contributed by atoms with van der Waals surface area (Å²) >= 11 is 6.08. The molecule has 1 aromatic heterocycles. The smallest absolute Gasteiger partial charge is 0.255 e. The van der Waals surface area contributed by atoms with Gasteiger partial charge in [-0.2, -0.15) is 0 Å². The lowest BCUT2D eigenvalue weighted by atomic mass is 9.94. The van der Waals surface area contributed by atoms with E-state index in [2.05, 4.69) is 24.1 Å². The van der Waals surface area contributed by atoms with Crippen molar-refractivity contribution in [2.24, 2.45) is 5.92 Å². The highest BCUT2D eigenvalue weighted by Crippen LogP contribution is 2.25. The van der Waals surface area contributed by atoms with Crippen molar-refractivity contribution in [1.82, 2.24) is 9.88 Å². The Hall–Kier alpha value is -1.29. The molecule has 2 atom stereocenters. The Morgan fingerprint density at radius 2 is 2.21 bits per heavy atom. The first-order valence-electron chi connectivity index (χ1n) is 6.67. The maximum absolute atomic E-state index is 12.5. The minimum atomic E-state index is 0.0242. The van der Waals surface area contributed by atoms with Gasteiger partial charge in [0.1, 0.15) is 5.82 Å². The largest absolute Gasteiger partial charge is 0.372 e. The van der Waals surface area contributed by atoms with Crippen molar-refractivity contribution >= 4 is 23.3 Å². The van der Waals surface area contributed by atoms with E-state index in [1.165, 1.54) is 6.42 Å². The number of rotatable bonds is 2. The lowest BCUT2D eigenvalue weighted by Crippen LogP contribution is -2.44. The monoisotopic (exact) mass is 281 g/mol. The number of carbonyl (C=O) groups excluding carboxylic acids is 1. The summed E-state index contributed by atoms with van der Waals surface area (Å²) in [5.41, 5.74) is 0.560. The van der Waals surface area contributed by atoms with Crippen LogP contribution in [0, 0.1) is 5.92 Å². The van der Waals surface area contributed by atoms with Crippen molar-refractivity contribution in [3.63, 3.8) is 0 Å². The number of hydrogen-bond donors (Lipinski definition) is 1. The third-order valence-corrected chi connectivity index (χ3v) is 3.99. The molecule has 2 unspecified atom stereocenters. The normalized spacial score (nSPS) is 23.3. The molecule has 2 heterocycles. The Bertz CT molecular complexity index is 478. The Kier molecular flexibility index (Phi) is 4.30. The van der Waals surface area contributed by atoms with Gasteiger partial charge in [-0.05, 0) is 31.7 Å². The predicted molar refractivity (Wildman–Crippen MR) is 77.7 cm³/mol. The molecule has 0 saturated carbocycles. The summed E-state index contributed by atoms with van der Waals surface area (Å²) in [6, 6.07) is 1.97. The first kappa shape index (κ1) is 14.1. The average Bonchev–Trinajstić information content (AvgIpc) is 2.40. The van der Waals surface area contributed by atoms with Crippen LogP contribution in [0.5, 0.6) is 0 Å². The number of piperidine rings is 1. The Labute approximate surface area is 119 Å². The molecule has 0 aromatic carbocycles. The predicted octanol–water partition coefficient (Wildman–Crippen LogP) is 3.04. The summed E-state index contributed by atoms with van der Waals surface area (Å²) in [5, 5.41) is 3.37. The van der Waals surface area contributed by atoms with E-state index in [9.17, 15) is 4.79 Å². The van der Waals surface area contributed by atoms with Crippen molar-refractivity contribution in [1.29, 1.82) is 0 Å². The van der Waals surface area contributed by atoms with E-state index < -0.39 is 0 Å². The summed E-state index contributed by atoms with van der Waals surface area (Å²) in [6.45, 7) is 5.09. The van der Waals surface area contributed by atoms with Crippen LogP contribution in [0.1, 0.15) is 37.0 Å². The van der Waals surface area contributed by atoms with Crippen LogP contribution in [0.4, 0.5) is 5.82 Å². The van der Waals surface area contributed by atoms with Crippen LogP contribution >= 0.6 is 11.6 Å². The first-order chi connectivity index (χ1) is 9.02. The Morgan fingerprint density at radius 3 is 2.84 bits per heavy atom. The molecular weight excluding hydrogens is 262 g/mol. The van der Waals surface area contributed by atoms with Gasteiger partial charge in [-0.3, -0.25) is 4.79 Å². The molecule has 4 nitrogen and oxygen atoms in total. The number of carbonyl (C=O) groups is 1. The molecule has 1 aliphatic heterocycles. The zero-order chi connectivity index (χ0) is 14.0. The van der Waals surface area contributed by atoms with Crippen LogP contribution in [0.3, 0.4) is 0 Å². The van der Waals surface area contributed by atoms with E-state index in [0.29, 0.717) is 22.3 Å². The highest BCUT2D eigenvalue weighted by Gasteiger charge is 2.28.